The van der Waals surface area contributed by atoms with Crippen LogP contribution in [0.5, 0.6) is 0 Å². The molecule has 0 bridgehead atoms. The number of carbonyl (C=O) groups is 1. The summed E-state index contributed by atoms with van der Waals surface area (Å²) >= 11 is 0. The molecule has 4 nitrogen and oxygen atoms in total. The van der Waals surface area contributed by atoms with Gasteiger partial charge < -0.3 is 14.6 Å². The molecule has 1 heterocycles. The summed E-state index contributed by atoms with van der Waals surface area (Å²) in [6.07, 6.45) is 1.27. The van der Waals surface area contributed by atoms with Crippen LogP contribution in [0, 0.1) is 5.92 Å². The lowest BCUT2D eigenvalue weighted by molar-refractivity contribution is -0.0125. The summed E-state index contributed by atoms with van der Waals surface area (Å²) in [5.74, 6) is -1.10. The van der Waals surface area contributed by atoms with Gasteiger partial charge in [-0.3, -0.25) is 0 Å². The van der Waals surface area contributed by atoms with E-state index >= 15 is 0 Å². The van der Waals surface area contributed by atoms with Crippen molar-refractivity contribution in [2.45, 2.75) is 26.4 Å². The third kappa shape index (κ3) is 1.65. The standard InChI is InChI=1S/C10H14O4/c1-6(2)10(3,13)8-7(9(11)12)4-5-14-8/h4-6,13H,1-3H3,(H,11,12). The van der Waals surface area contributed by atoms with Crippen LogP contribution in [-0.2, 0) is 5.60 Å². The van der Waals surface area contributed by atoms with Gasteiger partial charge in [-0.15, -0.1) is 0 Å². The Hall–Kier alpha value is -1.29. The Balaban J connectivity index is 3.18. The summed E-state index contributed by atoms with van der Waals surface area (Å²) in [6, 6.07) is 1.34. The molecule has 0 aliphatic heterocycles. The highest BCUT2D eigenvalue weighted by Crippen LogP contribution is 2.31. The van der Waals surface area contributed by atoms with Gasteiger partial charge in [0.05, 0.1) is 6.26 Å². The predicted octanol–water partition coefficient (Wildman–Crippen LogP) is 1.84. The topological polar surface area (TPSA) is 70.7 Å². The normalized spacial score (nSPS) is 15.5. The largest absolute Gasteiger partial charge is 0.478 e. The third-order valence-corrected chi connectivity index (χ3v) is 2.48. The molecule has 14 heavy (non-hydrogen) atoms. The highest BCUT2D eigenvalue weighted by Gasteiger charge is 2.34. The summed E-state index contributed by atoms with van der Waals surface area (Å²) in [4.78, 5) is 10.8. The molecular formula is C10H14O4. The molecule has 1 aromatic heterocycles. The van der Waals surface area contributed by atoms with E-state index in [1.807, 2.05) is 0 Å². The second-order valence-electron chi connectivity index (χ2n) is 3.77. The van der Waals surface area contributed by atoms with Crippen LogP contribution in [0.1, 0.15) is 36.9 Å². The van der Waals surface area contributed by atoms with Gasteiger partial charge in [-0.2, -0.15) is 0 Å². The minimum absolute atomic E-state index is 0.0173. The zero-order chi connectivity index (χ0) is 10.9. The maximum atomic E-state index is 10.8. The molecule has 1 atom stereocenters. The quantitative estimate of drug-likeness (QED) is 0.777. The lowest BCUT2D eigenvalue weighted by Crippen LogP contribution is -2.29. The number of aromatic carboxylic acids is 1. The lowest BCUT2D eigenvalue weighted by Gasteiger charge is -2.25. The first-order valence-corrected chi connectivity index (χ1v) is 4.41. The van der Waals surface area contributed by atoms with E-state index < -0.39 is 11.6 Å². The van der Waals surface area contributed by atoms with Crippen LogP contribution >= 0.6 is 0 Å². The Bertz CT molecular complexity index is 336. The number of rotatable bonds is 3. The number of hydrogen-bond donors (Lipinski definition) is 2. The fourth-order valence-electron chi connectivity index (χ4n) is 1.13. The first kappa shape index (κ1) is 10.8. The molecular weight excluding hydrogens is 184 g/mol. The average Bonchev–Trinajstić information content (AvgIpc) is 2.51. The van der Waals surface area contributed by atoms with E-state index in [2.05, 4.69) is 0 Å². The molecule has 0 aliphatic carbocycles. The summed E-state index contributed by atoms with van der Waals surface area (Å²) in [7, 11) is 0. The fourth-order valence-corrected chi connectivity index (χ4v) is 1.13. The van der Waals surface area contributed by atoms with Crippen LogP contribution in [0.25, 0.3) is 0 Å². The van der Waals surface area contributed by atoms with Gasteiger partial charge in [0.2, 0.25) is 0 Å². The number of aliphatic hydroxyl groups is 1. The molecule has 0 aliphatic rings. The Kier molecular flexibility index (Phi) is 2.66. The van der Waals surface area contributed by atoms with Gasteiger partial charge in [0.25, 0.3) is 0 Å². The molecule has 2 N–H and O–H groups in total. The molecule has 0 saturated heterocycles. The van der Waals surface area contributed by atoms with Gasteiger partial charge in [-0.1, -0.05) is 13.8 Å². The third-order valence-electron chi connectivity index (χ3n) is 2.48. The van der Waals surface area contributed by atoms with Crippen molar-refractivity contribution in [2.75, 3.05) is 0 Å². The van der Waals surface area contributed by atoms with Crippen LogP contribution in [-0.4, -0.2) is 16.2 Å². The van der Waals surface area contributed by atoms with Crippen molar-refractivity contribution in [1.29, 1.82) is 0 Å². The van der Waals surface area contributed by atoms with Crippen LogP contribution in [0.2, 0.25) is 0 Å². The smallest absolute Gasteiger partial charge is 0.339 e. The molecule has 1 aromatic rings. The number of furan rings is 1. The SMILES string of the molecule is CC(C)C(C)(O)c1occc1C(=O)O. The van der Waals surface area contributed by atoms with Crippen molar-refractivity contribution in [2.24, 2.45) is 5.92 Å². The summed E-state index contributed by atoms with van der Waals surface area (Å²) in [5, 5.41) is 18.9. The van der Waals surface area contributed by atoms with Crippen LogP contribution in [0.3, 0.4) is 0 Å². The fraction of sp³-hybridized carbons (Fsp3) is 0.500. The molecule has 0 amide bonds. The molecule has 0 radical (unpaired) electrons. The summed E-state index contributed by atoms with van der Waals surface area (Å²) in [5.41, 5.74) is -1.24. The lowest BCUT2D eigenvalue weighted by atomic mass is 9.88. The molecule has 4 heteroatoms. The number of carboxylic acid groups (broad SMARTS) is 1. The van der Waals surface area contributed by atoms with Gasteiger partial charge in [0, 0.05) is 0 Å². The molecule has 1 unspecified atom stereocenters. The van der Waals surface area contributed by atoms with Crippen molar-refractivity contribution in [3.63, 3.8) is 0 Å². The van der Waals surface area contributed by atoms with E-state index in [4.69, 9.17) is 9.52 Å². The minimum atomic E-state index is -1.25. The molecule has 0 aromatic carbocycles. The van der Waals surface area contributed by atoms with E-state index in [0.717, 1.165) is 0 Å². The van der Waals surface area contributed by atoms with Gasteiger partial charge >= 0.3 is 5.97 Å². The summed E-state index contributed by atoms with van der Waals surface area (Å²) < 4.78 is 5.02. The van der Waals surface area contributed by atoms with Gasteiger partial charge in [-0.05, 0) is 18.9 Å². The maximum Gasteiger partial charge on any atom is 0.339 e. The molecule has 78 valence electrons. The van der Waals surface area contributed by atoms with E-state index in [1.54, 1.807) is 20.8 Å². The minimum Gasteiger partial charge on any atom is -0.478 e. The second-order valence-corrected chi connectivity index (χ2v) is 3.77. The molecule has 0 spiro atoms. The average molecular weight is 198 g/mol. The van der Waals surface area contributed by atoms with Crippen molar-refractivity contribution >= 4 is 5.97 Å². The number of hydrogen-bond acceptors (Lipinski definition) is 3. The molecule has 1 rings (SSSR count). The molecule has 0 saturated carbocycles. The highest BCUT2D eigenvalue weighted by molar-refractivity contribution is 5.88. The van der Waals surface area contributed by atoms with Crippen molar-refractivity contribution in [1.82, 2.24) is 0 Å². The van der Waals surface area contributed by atoms with Crippen molar-refractivity contribution in [3.05, 3.63) is 23.7 Å². The van der Waals surface area contributed by atoms with Crippen molar-refractivity contribution in [3.8, 4) is 0 Å². The zero-order valence-corrected chi connectivity index (χ0v) is 8.44. The second kappa shape index (κ2) is 3.46. The Morgan fingerprint density at radius 1 is 1.57 bits per heavy atom. The predicted molar refractivity (Wildman–Crippen MR) is 50.1 cm³/mol. The number of carboxylic acids is 1. The maximum absolute atomic E-state index is 10.8. The van der Waals surface area contributed by atoms with Gasteiger partial charge in [-0.25, -0.2) is 4.79 Å². The van der Waals surface area contributed by atoms with Crippen LogP contribution in [0.15, 0.2) is 16.7 Å². The Labute approximate surface area is 82.2 Å². The van der Waals surface area contributed by atoms with E-state index in [9.17, 15) is 9.90 Å². The Morgan fingerprint density at radius 2 is 2.14 bits per heavy atom. The van der Waals surface area contributed by atoms with E-state index in [1.165, 1.54) is 12.3 Å². The van der Waals surface area contributed by atoms with E-state index in [-0.39, 0.29) is 17.2 Å². The first-order chi connectivity index (χ1) is 6.37. The highest BCUT2D eigenvalue weighted by atomic mass is 16.4. The monoisotopic (exact) mass is 198 g/mol. The molecule has 0 fully saturated rings. The van der Waals surface area contributed by atoms with Gasteiger partial charge in [0.15, 0.2) is 0 Å². The summed E-state index contributed by atoms with van der Waals surface area (Å²) in [6.45, 7) is 5.14. The van der Waals surface area contributed by atoms with Crippen LogP contribution < -0.4 is 0 Å². The van der Waals surface area contributed by atoms with Crippen LogP contribution in [0.4, 0.5) is 0 Å². The van der Waals surface area contributed by atoms with Gasteiger partial charge in [0.1, 0.15) is 16.9 Å². The Morgan fingerprint density at radius 3 is 2.57 bits per heavy atom. The van der Waals surface area contributed by atoms with E-state index in [0.29, 0.717) is 0 Å². The zero-order valence-electron chi connectivity index (χ0n) is 8.44. The van der Waals surface area contributed by atoms with Crippen molar-refractivity contribution < 1.29 is 19.4 Å². The first-order valence-electron chi connectivity index (χ1n) is 4.41.